The summed E-state index contributed by atoms with van der Waals surface area (Å²) in [5.41, 5.74) is 0.598. The van der Waals surface area contributed by atoms with Crippen LogP contribution in [-0.4, -0.2) is 24.1 Å². The standard InChI is InChI=1S/C14H27NS/c1-14(8-4-2-3-5-9-14)12-15-13-6-10-16-11-7-13/h13,15H,2-12H2,1H3. The Labute approximate surface area is 105 Å². The summed E-state index contributed by atoms with van der Waals surface area (Å²) in [5.74, 6) is 2.74. The summed E-state index contributed by atoms with van der Waals surface area (Å²) in [5, 5.41) is 3.85. The maximum absolute atomic E-state index is 3.85. The highest BCUT2D eigenvalue weighted by Gasteiger charge is 2.26. The Hall–Kier alpha value is 0.310. The van der Waals surface area contributed by atoms with E-state index in [-0.39, 0.29) is 0 Å². The Morgan fingerprint density at radius 3 is 2.31 bits per heavy atom. The van der Waals surface area contributed by atoms with E-state index in [1.165, 1.54) is 69.4 Å². The monoisotopic (exact) mass is 241 g/mol. The minimum atomic E-state index is 0.598. The summed E-state index contributed by atoms with van der Waals surface area (Å²) < 4.78 is 0. The molecule has 2 fully saturated rings. The predicted molar refractivity (Wildman–Crippen MR) is 74.2 cm³/mol. The van der Waals surface area contributed by atoms with Gasteiger partial charge in [0.15, 0.2) is 0 Å². The average molecular weight is 241 g/mol. The van der Waals surface area contributed by atoms with Crippen molar-refractivity contribution in [3.63, 3.8) is 0 Å². The van der Waals surface area contributed by atoms with Gasteiger partial charge in [-0.25, -0.2) is 0 Å². The van der Waals surface area contributed by atoms with Crippen LogP contribution in [0.15, 0.2) is 0 Å². The van der Waals surface area contributed by atoms with Crippen LogP contribution in [0.5, 0.6) is 0 Å². The second kappa shape index (κ2) is 6.30. The van der Waals surface area contributed by atoms with Crippen LogP contribution < -0.4 is 5.32 Å². The predicted octanol–water partition coefficient (Wildman–Crippen LogP) is 3.83. The lowest BCUT2D eigenvalue weighted by atomic mass is 9.82. The van der Waals surface area contributed by atoms with Crippen LogP contribution in [0.2, 0.25) is 0 Å². The van der Waals surface area contributed by atoms with Gasteiger partial charge in [-0.3, -0.25) is 0 Å². The summed E-state index contributed by atoms with van der Waals surface area (Å²) in [4.78, 5) is 0. The van der Waals surface area contributed by atoms with Crippen molar-refractivity contribution in [1.29, 1.82) is 0 Å². The molecule has 2 rings (SSSR count). The molecule has 1 aliphatic heterocycles. The molecule has 0 aromatic rings. The number of nitrogens with one attached hydrogen (secondary N) is 1. The number of rotatable bonds is 3. The second-order valence-corrected chi connectivity index (χ2v) is 7.22. The highest BCUT2D eigenvalue weighted by atomic mass is 32.2. The van der Waals surface area contributed by atoms with Gasteiger partial charge in [-0.15, -0.1) is 0 Å². The lowest BCUT2D eigenvalue weighted by molar-refractivity contribution is 0.247. The van der Waals surface area contributed by atoms with Crippen LogP contribution in [0.4, 0.5) is 0 Å². The van der Waals surface area contributed by atoms with Crippen LogP contribution in [-0.2, 0) is 0 Å². The summed E-state index contributed by atoms with van der Waals surface area (Å²) in [6.45, 7) is 3.77. The first-order valence-corrected chi connectivity index (χ1v) is 8.25. The first-order chi connectivity index (χ1) is 7.79. The fourth-order valence-electron chi connectivity index (χ4n) is 3.05. The van der Waals surface area contributed by atoms with Crippen molar-refractivity contribution in [2.24, 2.45) is 5.41 Å². The molecule has 2 heteroatoms. The molecule has 1 heterocycles. The van der Waals surface area contributed by atoms with Crippen molar-refractivity contribution in [3.8, 4) is 0 Å². The third kappa shape index (κ3) is 3.96. The molecule has 2 aliphatic rings. The van der Waals surface area contributed by atoms with E-state index < -0.39 is 0 Å². The Bertz CT molecular complexity index is 191. The fourth-order valence-corrected chi connectivity index (χ4v) is 4.16. The fraction of sp³-hybridized carbons (Fsp3) is 1.00. The van der Waals surface area contributed by atoms with Crippen molar-refractivity contribution in [2.45, 2.75) is 64.3 Å². The molecule has 0 radical (unpaired) electrons. The first kappa shape index (κ1) is 12.8. The summed E-state index contributed by atoms with van der Waals surface area (Å²) in [6, 6.07) is 0.821. The molecule has 0 aromatic carbocycles. The zero-order valence-electron chi connectivity index (χ0n) is 10.8. The Morgan fingerprint density at radius 2 is 1.69 bits per heavy atom. The van der Waals surface area contributed by atoms with E-state index >= 15 is 0 Å². The minimum absolute atomic E-state index is 0.598. The van der Waals surface area contributed by atoms with Crippen LogP contribution in [0, 0.1) is 5.41 Å². The molecule has 1 N–H and O–H groups in total. The normalized spacial score (nSPS) is 27.6. The Kier molecular flexibility index (Phi) is 5.02. The van der Waals surface area contributed by atoms with Crippen molar-refractivity contribution < 1.29 is 0 Å². The van der Waals surface area contributed by atoms with E-state index in [0.29, 0.717) is 5.41 Å². The molecule has 0 unspecified atom stereocenters. The van der Waals surface area contributed by atoms with Crippen LogP contribution >= 0.6 is 11.8 Å². The van der Waals surface area contributed by atoms with Gasteiger partial charge in [-0.1, -0.05) is 32.6 Å². The third-order valence-electron chi connectivity index (χ3n) is 4.35. The van der Waals surface area contributed by atoms with Crippen molar-refractivity contribution in [1.82, 2.24) is 5.32 Å². The summed E-state index contributed by atoms with van der Waals surface area (Å²) >= 11 is 2.12. The average Bonchev–Trinajstić information content (AvgIpc) is 2.54. The Morgan fingerprint density at radius 1 is 1.06 bits per heavy atom. The largest absolute Gasteiger partial charge is 0.313 e. The van der Waals surface area contributed by atoms with Gasteiger partial charge in [0.25, 0.3) is 0 Å². The van der Waals surface area contributed by atoms with Crippen molar-refractivity contribution in [2.75, 3.05) is 18.1 Å². The molecule has 0 aromatic heterocycles. The summed E-state index contributed by atoms with van der Waals surface area (Å²) in [7, 11) is 0. The topological polar surface area (TPSA) is 12.0 Å². The van der Waals surface area contributed by atoms with E-state index in [1.807, 2.05) is 0 Å². The second-order valence-electron chi connectivity index (χ2n) is 5.99. The lowest BCUT2D eigenvalue weighted by Crippen LogP contribution is -2.40. The van der Waals surface area contributed by atoms with Crippen LogP contribution in [0.3, 0.4) is 0 Å². The van der Waals surface area contributed by atoms with Gasteiger partial charge in [0.1, 0.15) is 0 Å². The highest BCUT2D eigenvalue weighted by Crippen LogP contribution is 2.34. The van der Waals surface area contributed by atoms with Gasteiger partial charge in [-0.2, -0.15) is 11.8 Å². The van der Waals surface area contributed by atoms with Gasteiger partial charge >= 0.3 is 0 Å². The van der Waals surface area contributed by atoms with E-state index in [2.05, 4.69) is 24.0 Å². The van der Waals surface area contributed by atoms with Crippen molar-refractivity contribution in [3.05, 3.63) is 0 Å². The molecule has 0 atom stereocenters. The van der Waals surface area contributed by atoms with Crippen molar-refractivity contribution >= 4 is 11.8 Å². The minimum Gasteiger partial charge on any atom is -0.313 e. The van der Waals surface area contributed by atoms with E-state index in [0.717, 1.165) is 6.04 Å². The molecule has 1 saturated carbocycles. The van der Waals surface area contributed by atoms with Crippen LogP contribution in [0.1, 0.15) is 58.3 Å². The molecule has 1 nitrogen and oxygen atoms in total. The molecule has 0 bridgehead atoms. The van der Waals surface area contributed by atoms with Gasteiger partial charge in [0, 0.05) is 12.6 Å². The van der Waals surface area contributed by atoms with Gasteiger partial charge in [0.2, 0.25) is 0 Å². The molecule has 16 heavy (non-hydrogen) atoms. The lowest BCUT2D eigenvalue weighted by Gasteiger charge is -2.32. The zero-order chi connectivity index (χ0) is 11.3. The van der Waals surface area contributed by atoms with E-state index in [4.69, 9.17) is 0 Å². The number of hydrogen-bond acceptors (Lipinski definition) is 2. The quantitative estimate of drug-likeness (QED) is 0.754. The number of hydrogen-bond donors (Lipinski definition) is 1. The molecular weight excluding hydrogens is 214 g/mol. The van der Waals surface area contributed by atoms with Gasteiger partial charge < -0.3 is 5.32 Å². The van der Waals surface area contributed by atoms with E-state index in [1.54, 1.807) is 0 Å². The smallest absolute Gasteiger partial charge is 0.00830 e. The zero-order valence-corrected chi connectivity index (χ0v) is 11.6. The van der Waals surface area contributed by atoms with Gasteiger partial charge in [0.05, 0.1) is 0 Å². The highest BCUT2D eigenvalue weighted by molar-refractivity contribution is 7.99. The third-order valence-corrected chi connectivity index (χ3v) is 5.40. The first-order valence-electron chi connectivity index (χ1n) is 7.10. The maximum Gasteiger partial charge on any atom is 0.00830 e. The summed E-state index contributed by atoms with van der Waals surface area (Å²) in [6.07, 6.45) is 11.5. The van der Waals surface area contributed by atoms with E-state index in [9.17, 15) is 0 Å². The SMILES string of the molecule is CC1(CNC2CCSCC2)CCCCCC1. The molecule has 0 spiro atoms. The van der Waals surface area contributed by atoms with Gasteiger partial charge in [-0.05, 0) is 42.6 Å². The molecule has 1 aliphatic carbocycles. The van der Waals surface area contributed by atoms with Crippen LogP contribution in [0.25, 0.3) is 0 Å². The molecule has 0 amide bonds. The Balaban J connectivity index is 1.73. The molecular formula is C14H27NS. The maximum atomic E-state index is 3.85. The molecule has 94 valence electrons. The number of thioether (sulfide) groups is 1. The molecule has 1 saturated heterocycles.